The number of thioether (sulfide) groups is 1. The Hall–Kier alpha value is -1.82. The van der Waals surface area contributed by atoms with Crippen LogP contribution in [0.3, 0.4) is 0 Å². The Morgan fingerprint density at radius 1 is 1.42 bits per heavy atom. The van der Waals surface area contributed by atoms with Crippen LogP contribution in [0.15, 0.2) is 24.3 Å². The van der Waals surface area contributed by atoms with E-state index in [1.165, 1.54) is 11.1 Å². The fraction of sp³-hybridized carbons (Fsp3) is 0.308. The normalized spacial score (nSPS) is 10.4. The van der Waals surface area contributed by atoms with Crippen LogP contribution in [0.1, 0.15) is 17.0 Å². The van der Waals surface area contributed by atoms with Gasteiger partial charge in [0.15, 0.2) is 0 Å². The predicted octanol–water partition coefficient (Wildman–Crippen LogP) is 2.29. The van der Waals surface area contributed by atoms with Gasteiger partial charge < -0.3 is 0 Å². The lowest BCUT2D eigenvalue weighted by Crippen LogP contribution is -2.15. The summed E-state index contributed by atoms with van der Waals surface area (Å²) in [4.78, 5) is 15.7. The van der Waals surface area contributed by atoms with Crippen LogP contribution in [0.5, 0.6) is 0 Å². The molecule has 0 fully saturated rings. The van der Waals surface area contributed by atoms with Crippen molar-refractivity contribution in [3.05, 3.63) is 41.2 Å². The van der Waals surface area contributed by atoms with Crippen LogP contribution in [0.2, 0.25) is 0 Å². The quantitative estimate of drug-likeness (QED) is 0.879. The highest BCUT2D eigenvalue weighted by molar-refractivity contribution is 7.99. The van der Waals surface area contributed by atoms with E-state index in [1.807, 2.05) is 6.07 Å². The Morgan fingerprint density at radius 3 is 2.95 bits per heavy atom. The van der Waals surface area contributed by atoms with Crippen LogP contribution in [-0.4, -0.2) is 26.8 Å². The molecule has 0 bridgehead atoms. The van der Waals surface area contributed by atoms with Crippen LogP contribution in [0, 0.1) is 13.8 Å². The first-order chi connectivity index (χ1) is 9.13. The number of hydrogen-bond acceptors (Lipinski definition) is 4. The van der Waals surface area contributed by atoms with Gasteiger partial charge in [0.2, 0.25) is 11.9 Å². The third-order valence-electron chi connectivity index (χ3n) is 2.43. The number of carbonyl (C=O) groups is 1. The number of carbonyl (C=O) groups excluding carboxylic acids is 1. The van der Waals surface area contributed by atoms with Crippen molar-refractivity contribution in [2.45, 2.75) is 19.6 Å². The topological polar surface area (TPSA) is 70.7 Å². The monoisotopic (exact) mass is 276 g/mol. The average molecular weight is 276 g/mol. The summed E-state index contributed by atoms with van der Waals surface area (Å²) in [5.74, 6) is 2.14. The largest absolute Gasteiger partial charge is 0.293 e. The number of aromatic amines is 1. The zero-order valence-corrected chi connectivity index (χ0v) is 11.8. The van der Waals surface area contributed by atoms with Gasteiger partial charge in [0, 0.05) is 5.75 Å². The molecule has 0 atom stereocenters. The number of nitrogens with zero attached hydrogens (tertiary/aromatic N) is 2. The van der Waals surface area contributed by atoms with Crippen molar-refractivity contribution in [1.82, 2.24) is 15.2 Å². The number of hydrogen-bond donors (Lipinski definition) is 2. The summed E-state index contributed by atoms with van der Waals surface area (Å²) in [6, 6.07) is 8.29. The fourth-order valence-electron chi connectivity index (χ4n) is 1.62. The van der Waals surface area contributed by atoms with Crippen LogP contribution in [0.4, 0.5) is 5.95 Å². The van der Waals surface area contributed by atoms with E-state index < -0.39 is 0 Å². The zero-order chi connectivity index (χ0) is 13.7. The van der Waals surface area contributed by atoms with Crippen molar-refractivity contribution in [3.8, 4) is 0 Å². The fourth-order valence-corrected chi connectivity index (χ4v) is 2.40. The van der Waals surface area contributed by atoms with Gasteiger partial charge in [-0.2, -0.15) is 4.98 Å². The van der Waals surface area contributed by atoms with Crippen molar-refractivity contribution < 1.29 is 4.79 Å². The molecule has 2 rings (SSSR count). The number of anilines is 1. The van der Waals surface area contributed by atoms with Gasteiger partial charge in [-0.3, -0.25) is 15.2 Å². The van der Waals surface area contributed by atoms with Gasteiger partial charge in [-0.1, -0.05) is 29.8 Å². The predicted molar refractivity (Wildman–Crippen MR) is 77.1 cm³/mol. The molecule has 5 nitrogen and oxygen atoms in total. The first kappa shape index (κ1) is 13.6. The summed E-state index contributed by atoms with van der Waals surface area (Å²) in [5, 5.41) is 9.18. The Kier molecular flexibility index (Phi) is 4.57. The molecule has 1 amide bonds. The van der Waals surface area contributed by atoms with Crippen LogP contribution in [0.25, 0.3) is 0 Å². The van der Waals surface area contributed by atoms with Crippen LogP contribution in [-0.2, 0) is 10.5 Å². The first-order valence-corrected chi connectivity index (χ1v) is 7.11. The Balaban J connectivity index is 1.75. The Labute approximate surface area is 116 Å². The molecule has 1 heterocycles. The second-order valence-corrected chi connectivity index (χ2v) is 5.26. The molecule has 1 aromatic heterocycles. The maximum absolute atomic E-state index is 11.7. The minimum atomic E-state index is -0.0864. The van der Waals surface area contributed by atoms with Gasteiger partial charge in [0.05, 0.1) is 5.75 Å². The van der Waals surface area contributed by atoms with E-state index in [0.29, 0.717) is 17.5 Å². The third-order valence-corrected chi connectivity index (χ3v) is 3.44. The summed E-state index contributed by atoms with van der Waals surface area (Å²) in [6.45, 7) is 3.85. The van der Waals surface area contributed by atoms with Crippen LogP contribution < -0.4 is 5.32 Å². The maximum atomic E-state index is 11.7. The number of nitrogens with one attached hydrogen (secondary N) is 2. The smallest absolute Gasteiger partial charge is 0.248 e. The molecular weight excluding hydrogens is 260 g/mol. The number of amides is 1. The van der Waals surface area contributed by atoms with E-state index in [-0.39, 0.29) is 5.91 Å². The molecule has 2 N–H and O–H groups in total. The maximum Gasteiger partial charge on any atom is 0.248 e. The van der Waals surface area contributed by atoms with Crippen molar-refractivity contribution in [2.75, 3.05) is 11.1 Å². The summed E-state index contributed by atoms with van der Waals surface area (Å²) in [7, 11) is 0. The number of rotatable bonds is 5. The molecule has 0 saturated heterocycles. The minimum absolute atomic E-state index is 0.0864. The zero-order valence-electron chi connectivity index (χ0n) is 10.9. The average Bonchev–Trinajstić information content (AvgIpc) is 2.75. The number of aryl methyl sites for hydroxylation is 2. The van der Waals surface area contributed by atoms with Gasteiger partial charge in [-0.15, -0.1) is 16.9 Å². The molecule has 0 saturated carbocycles. The third kappa shape index (κ3) is 4.40. The van der Waals surface area contributed by atoms with Gasteiger partial charge in [-0.05, 0) is 19.4 Å². The van der Waals surface area contributed by atoms with Gasteiger partial charge in [-0.25, -0.2) is 0 Å². The first-order valence-electron chi connectivity index (χ1n) is 5.95. The Morgan fingerprint density at radius 2 is 2.26 bits per heavy atom. The van der Waals surface area contributed by atoms with Crippen molar-refractivity contribution in [3.63, 3.8) is 0 Å². The highest BCUT2D eigenvalue weighted by atomic mass is 32.2. The molecule has 1 aromatic carbocycles. The van der Waals surface area contributed by atoms with Crippen molar-refractivity contribution in [1.29, 1.82) is 0 Å². The number of aromatic nitrogens is 3. The minimum Gasteiger partial charge on any atom is -0.293 e. The summed E-state index contributed by atoms with van der Waals surface area (Å²) in [5.41, 5.74) is 2.46. The van der Waals surface area contributed by atoms with E-state index in [2.05, 4.69) is 45.6 Å². The second-order valence-electron chi connectivity index (χ2n) is 4.27. The van der Waals surface area contributed by atoms with Crippen molar-refractivity contribution >= 4 is 23.6 Å². The number of benzene rings is 1. The molecule has 19 heavy (non-hydrogen) atoms. The highest BCUT2D eigenvalue weighted by Gasteiger charge is 2.06. The van der Waals surface area contributed by atoms with E-state index in [4.69, 9.17) is 0 Å². The lowest BCUT2D eigenvalue weighted by Gasteiger charge is -2.03. The van der Waals surface area contributed by atoms with E-state index in [9.17, 15) is 4.79 Å². The molecule has 0 unspecified atom stereocenters. The SMILES string of the molecule is Cc1cccc(CSCC(=O)Nc2n[nH]c(C)n2)c1. The second kappa shape index (κ2) is 6.38. The lowest BCUT2D eigenvalue weighted by atomic mass is 10.2. The molecule has 100 valence electrons. The molecule has 0 aliphatic heterocycles. The summed E-state index contributed by atoms with van der Waals surface area (Å²) < 4.78 is 0. The summed E-state index contributed by atoms with van der Waals surface area (Å²) >= 11 is 1.57. The molecule has 0 aliphatic carbocycles. The standard InChI is InChI=1S/C13H16N4OS/c1-9-4-3-5-11(6-9)7-19-8-12(18)15-13-14-10(2)16-17-13/h3-6H,7-8H2,1-2H3,(H2,14,15,16,17,18). The number of H-pyrrole nitrogens is 1. The van der Waals surface area contributed by atoms with Gasteiger partial charge in [0.25, 0.3) is 0 Å². The highest BCUT2D eigenvalue weighted by Crippen LogP contribution is 2.13. The van der Waals surface area contributed by atoms with E-state index in [1.54, 1.807) is 18.7 Å². The molecule has 0 radical (unpaired) electrons. The summed E-state index contributed by atoms with van der Waals surface area (Å²) in [6.07, 6.45) is 0. The van der Waals surface area contributed by atoms with E-state index in [0.717, 1.165) is 5.75 Å². The van der Waals surface area contributed by atoms with Crippen LogP contribution >= 0.6 is 11.8 Å². The lowest BCUT2D eigenvalue weighted by molar-refractivity contribution is -0.113. The van der Waals surface area contributed by atoms with Crippen molar-refractivity contribution in [2.24, 2.45) is 0 Å². The van der Waals surface area contributed by atoms with E-state index >= 15 is 0 Å². The molecule has 6 heteroatoms. The molecule has 0 aliphatic rings. The van der Waals surface area contributed by atoms with Gasteiger partial charge >= 0.3 is 0 Å². The Bertz CT molecular complexity index is 567. The van der Waals surface area contributed by atoms with Gasteiger partial charge in [0.1, 0.15) is 5.82 Å². The molecule has 0 spiro atoms. The molecule has 2 aromatic rings. The molecular formula is C13H16N4OS.